The number of quaternary nitrogens is 1. The molecule has 18 atom stereocenters. The van der Waals surface area contributed by atoms with Gasteiger partial charge in [0, 0.05) is 57.8 Å². The van der Waals surface area contributed by atoms with E-state index >= 15 is 0 Å². The molecule has 3 aliphatic heterocycles. The third-order valence-electron chi connectivity index (χ3n) is 18.8. The number of amides is 15. The Labute approximate surface area is 624 Å². The van der Waals surface area contributed by atoms with Gasteiger partial charge in [0.25, 0.3) is 5.91 Å². The van der Waals surface area contributed by atoms with Crippen molar-refractivity contribution < 1.29 is 138 Å². The van der Waals surface area contributed by atoms with Crippen LogP contribution in [0, 0.1) is 5.92 Å². The molecule has 29 N–H and O–H groups in total. The van der Waals surface area contributed by atoms with Crippen LogP contribution in [0.4, 0.5) is 0 Å². The van der Waals surface area contributed by atoms with Crippen molar-refractivity contribution in [2.24, 2.45) is 17.4 Å². The molecule has 614 valence electrons. The Morgan fingerprint density at radius 1 is 0.560 bits per heavy atom. The topological polar surface area (TPSA) is 724 Å². The van der Waals surface area contributed by atoms with Crippen molar-refractivity contribution in [3.63, 3.8) is 0 Å². The molecule has 4 rings (SSSR count). The number of nitrogens with one attached hydrogen (secondary N) is 15. The summed E-state index contributed by atoms with van der Waals surface area (Å²) in [5.74, 6) is -16.4. The van der Waals surface area contributed by atoms with Crippen LogP contribution in [0.3, 0.4) is 0 Å². The highest BCUT2D eigenvalue weighted by Crippen LogP contribution is 2.32. The number of hydroxylamine groups is 4. The number of aliphatic hydroxyl groups excluding tert-OH is 6. The summed E-state index contributed by atoms with van der Waals surface area (Å²) < 4.78 is 0. The number of aliphatic hydroxyl groups is 6. The number of nitrogens with two attached hydrogens (primary N) is 2. The Balaban J connectivity index is 1.43. The predicted molar refractivity (Wildman–Crippen MR) is 367 cm³/mol. The van der Waals surface area contributed by atoms with Crippen LogP contribution in [-0.2, 0) is 81.5 Å². The number of piperidine rings is 1. The van der Waals surface area contributed by atoms with E-state index in [9.17, 15) is 133 Å². The Morgan fingerprint density at radius 2 is 1.10 bits per heavy atom. The highest BCUT2D eigenvalue weighted by atomic mass is 16.5. The Bertz CT molecular complexity index is 3130. The van der Waals surface area contributed by atoms with Gasteiger partial charge in [0.15, 0.2) is 12.2 Å². The van der Waals surface area contributed by atoms with E-state index in [0.717, 1.165) is 0 Å². The monoisotopic (exact) mass is 1560 g/mol. The summed E-state index contributed by atoms with van der Waals surface area (Å²) in [6.45, 7) is -6.73. The van der Waals surface area contributed by atoms with Gasteiger partial charge in [-0.2, -0.15) is 0 Å². The average molecular weight is 1560 g/mol. The van der Waals surface area contributed by atoms with E-state index in [-0.39, 0.29) is 139 Å². The van der Waals surface area contributed by atoms with E-state index in [0.29, 0.717) is 17.7 Å². The third-order valence-corrected chi connectivity index (χ3v) is 18.8. The minimum atomic E-state index is -1.98. The molecule has 0 aromatic carbocycles. The number of carboxylic acid groups (broad SMARTS) is 2. The van der Waals surface area contributed by atoms with Crippen molar-refractivity contribution in [2.75, 3.05) is 72.2 Å². The summed E-state index contributed by atoms with van der Waals surface area (Å²) in [6, 6.07) is -18.6. The molecule has 4 fully saturated rings. The van der Waals surface area contributed by atoms with Crippen LogP contribution in [0.1, 0.15) is 116 Å². The molecule has 0 bridgehead atoms. The first-order valence-corrected chi connectivity index (χ1v) is 35.8. The second kappa shape index (κ2) is 47.4. The summed E-state index contributed by atoms with van der Waals surface area (Å²) in [5, 5.41) is 135. The Morgan fingerprint density at radius 3 is 1.71 bits per heavy atom. The van der Waals surface area contributed by atoms with E-state index in [4.69, 9.17) is 11.5 Å². The fraction of sp³-hybridized carbons (Fsp3) is 0.730. The molecule has 15 amide bonds. The second-order valence-electron chi connectivity index (χ2n) is 26.8. The van der Waals surface area contributed by atoms with Gasteiger partial charge in [0.2, 0.25) is 83.7 Å². The molecule has 3 saturated heterocycles. The number of aliphatic carboxylic acids is 2. The van der Waals surface area contributed by atoms with Gasteiger partial charge in [0.1, 0.15) is 60.4 Å². The lowest BCUT2D eigenvalue weighted by Crippen LogP contribution is -3.29. The number of rotatable bonds is 42. The van der Waals surface area contributed by atoms with Crippen LogP contribution < -0.4 is 90.8 Å². The molecular weight excluding hydrogens is 1450 g/mol. The molecule has 4 aliphatic rings. The number of unbranched alkanes of at least 4 members (excludes halogenated alkanes) is 1. The summed E-state index contributed by atoms with van der Waals surface area (Å²) in [7, 11) is 0. The first-order valence-electron chi connectivity index (χ1n) is 35.8. The van der Waals surface area contributed by atoms with Crippen LogP contribution in [0.5, 0.6) is 0 Å². The highest BCUT2D eigenvalue weighted by Gasteiger charge is 2.56. The normalized spacial score (nSPS) is 24.8. The summed E-state index contributed by atoms with van der Waals surface area (Å²) in [4.78, 5) is 223. The van der Waals surface area contributed by atoms with Crippen LogP contribution in [0.2, 0.25) is 0 Å². The minimum Gasteiger partial charge on any atom is -0.481 e. The lowest BCUT2D eigenvalue weighted by Gasteiger charge is -2.54. The van der Waals surface area contributed by atoms with Crippen molar-refractivity contribution in [3.05, 3.63) is 0 Å². The SMILES string of the molecule is NCCCC[C@H](NC(=O)[C@@H](CO)NC(=O)[C@@H]1CCNC2C(NC(=O)CC[C@H](N)C(=O)O)CC3CC(O)C(O)CC3[NH+]21)C(=O)NCC(=O)N[C@@H](CCCN(O)C=O)C(=O)N[C@H](CO)C(=O)N[C@@H](CO)C(=O)NCC(=O)NC1CCCCNC(=O)[C@H](CO)NC(=O)[C@H](CCC(=O)O)NC(=O)[C@@H](CCCN(O)C=O)NC1=O. The van der Waals surface area contributed by atoms with Gasteiger partial charge >= 0.3 is 11.9 Å². The number of hydrogen-bond donors (Lipinski definition) is 27. The van der Waals surface area contributed by atoms with Crippen molar-refractivity contribution >= 4 is 102 Å². The summed E-state index contributed by atoms with van der Waals surface area (Å²) in [6.07, 6.45) is -4.65. The van der Waals surface area contributed by atoms with E-state index in [1.807, 2.05) is 0 Å². The quantitative estimate of drug-likeness (QED) is 0.0117. The molecular formula is C63H106N19O27+. The van der Waals surface area contributed by atoms with Gasteiger partial charge in [-0.3, -0.25) is 97.2 Å². The molecule has 46 heteroatoms. The maximum atomic E-state index is 14.4. The fourth-order valence-corrected chi connectivity index (χ4v) is 12.9. The van der Waals surface area contributed by atoms with Crippen molar-refractivity contribution in [2.45, 2.75) is 212 Å². The maximum Gasteiger partial charge on any atom is 0.320 e. The molecule has 1 aliphatic carbocycles. The molecule has 46 nitrogen and oxygen atoms in total. The van der Waals surface area contributed by atoms with Gasteiger partial charge in [0.05, 0.1) is 63.8 Å². The third kappa shape index (κ3) is 30.5. The first-order chi connectivity index (χ1) is 51.8. The molecule has 3 heterocycles. The Hall–Kier alpha value is -9.49. The lowest BCUT2D eigenvalue weighted by molar-refractivity contribution is -0.983. The second-order valence-corrected chi connectivity index (χ2v) is 26.8. The van der Waals surface area contributed by atoms with Crippen LogP contribution in [0.15, 0.2) is 0 Å². The van der Waals surface area contributed by atoms with Crippen molar-refractivity contribution in [3.8, 4) is 0 Å². The number of fused-ring (bicyclic) bond motifs is 3. The first kappa shape index (κ1) is 91.9. The number of hydrogen-bond acceptors (Lipinski definition) is 28. The zero-order chi connectivity index (χ0) is 81.0. The zero-order valence-electron chi connectivity index (χ0n) is 59.9. The van der Waals surface area contributed by atoms with Crippen molar-refractivity contribution in [1.29, 1.82) is 0 Å². The number of carboxylic acids is 2. The summed E-state index contributed by atoms with van der Waals surface area (Å²) in [5.41, 5.74) is 11.3. The van der Waals surface area contributed by atoms with Crippen LogP contribution in [-0.4, -0.2) is 332 Å². The highest BCUT2D eigenvalue weighted by molar-refractivity contribution is 5.99. The largest absolute Gasteiger partial charge is 0.481 e. The van der Waals surface area contributed by atoms with Crippen LogP contribution >= 0.6 is 0 Å². The predicted octanol–water partition coefficient (Wildman–Crippen LogP) is -14.7. The Kier molecular flexibility index (Phi) is 40.0. The molecule has 1 saturated carbocycles. The van der Waals surface area contributed by atoms with Gasteiger partial charge in [-0.25, -0.2) is 10.1 Å². The van der Waals surface area contributed by atoms with E-state index in [2.05, 4.69) is 74.4 Å². The van der Waals surface area contributed by atoms with E-state index in [1.54, 1.807) is 0 Å². The van der Waals surface area contributed by atoms with E-state index in [1.165, 1.54) is 0 Å². The van der Waals surface area contributed by atoms with E-state index < -0.39 is 251 Å². The van der Waals surface area contributed by atoms with Gasteiger partial charge < -0.3 is 126 Å². The molecule has 0 radical (unpaired) electrons. The van der Waals surface area contributed by atoms with Crippen molar-refractivity contribution in [1.82, 2.24) is 84.6 Å². The standard InChI is InChI=1S/C63H105N19O27/c64-16-3-1-7-34(73-60(103)43(29-86)79-62(105)44-15-18-66-52-39(72-48(91)13-11-33(65)63(106)107)21-32-22-46(89)47(90)23-45(32)82(44)52)53(96)68-24-49(92)71-36(9-5-19-80(108)30-87)57(100)78-42(28-85)61(104)77-41(27-84)55(98)69-25-50(93)70-35-8-2-4-17-67-54(97)40(26-83)76-59(102)38(12-14-51(94)95)75-58(101)37(74-56(35)99)10-6-20-81(109)31-88/h30-47,52,66,83-86,89-90,108-109H,1-29,64-65H2,(H,67,97)(H,68,96)(H,69,98)(H,70,93)(H,71,92)(H,72,91)(H,73,103)(H,74,99)(H,75,101)(H,76,102)(H,77,104)(H,78,100)(H,79,105)(H,94,95)(H,106,107)/p+1/t32?,33-,34-,35?,36-,37+,38-,39?,40-,41-,42+,43+,44-,45?,46?,47?,52?/m0/s1. The minimum absolute atomic E-state index is 0.0265. The number of nitrogens with zero attached hydrogens (tertiary/aromatic N) is 2. The van der Waals surface area contributed by atoms with Gasteiger partial charge in [-0.05, 0) is 96.4 Å². The molecule has 0 aromatic heterocycles. The average Bonchev–Trinajstić information content (AvgIpc) is 0.748. The zero-order valence-corrected chi connectivity index (χ0v) is 59.9. The van der Waals surface area contributed by atoms with Crippen LogP contribution in [0.25, 0.3) is 0 Å². The smallest absolute Gasteiger partial charge is 0.320 e. The fourth-order valence-electron chi connectivity index (χ4n) is 12.9. The number of carbonyl (C=O) groups is 17. The van der Waals surface area contributed by atoms with Gasteiger partial charge in [-0.1, -0.05) is 0 Å². The molecule has 8 unspecified atom stereocenters. The lowest BCUT2D eigenvalue weighted by atomic mass is 9.72. The maximum absolute atomic E-state index is 14.4. The van der Waals surface area contributed by atoms with Gasteiger partial charge in [-0.15, -0.1) is 0 Å². The molecule has 109 heavy (non-hydrogen) atoms. The molecule has 0 spiro atoms. The number of carbonyl (C=O) groups excluding carboxylic acids is 15. The summed E-state index contributed by atoms with van der Waals surface area (Å²) >= 11 is 0. The molecule has 0 aromatic rings.